The van der Waals surface area contributed by atoms with Crippen molar-refractivity contribution in [3.8, 4) is 17.2 Å². The molecule has 4 aromatic rings. The van der Waals surface area contributed by atoms with E-state index in [-0.39, 0.29) is 0 Å². The van der Waals surface area contributed by atoms with E-state index in [1.165, 1.54) is 0 Å². The number of hydrogen-bond acceptors (Lipinski definition) is 4. The van der Waals surface area contributed by atoms with Gasteiger partial charge in [0.2, 0.25) is 0 Å². The Balaban J connectivity index is 1.43. The van der Waals surface area contributed by atoms with Gasteiger partial charge in [0.05, 0.1) is 12.2 Å². The summed E-state index contributed by atoms with van der Waals surface area (Å²) in [5.41, 5.74) is 3.03. The van der Waals surface area contributed by atoms with Crippen LogP contribution in [-0.4, -0.2) is 17.7 Å². The Morgan fingerprint density at radius 3 is 2.20 bits per heavy atom. The van der Waals surface area contributed by atoms with Crippen molar-refractivity contribution in [1.82, 2.24) is 5.48 Å². The van der Waals surface area contributed by atoms with Crippen molar-refractivity contribution < 1.29 is 19.5 Å². The highest BCUT2D eigenvalue weighted by atomic mass is 16.5. The molecule has 30 heavy (non-hydrogen) atoms. The summed E-state index contributed by atoms with van der Waals surface area (Å²) in [6.45, 7) is 0.392. The summed E-state index contributed by atoms with van der Waals surface area (Å²) in [5.74, 6) is 1.69. The summed E-state index contributed by atoms with van der Waals surface area (Å²) < 4.78 is 11.6. The molecule has 0 spiro atoms. The fourth-order valence-electron chi connectivity index (χ4n) is 3.36. The average molecular weight is 399 g/mol. The first kappa shape index (κ1) is 19.5. The average Bonchev–Trinajstić information content (AvgIpc) is 2.80. The minimum absolute atomic E-state index is 0.392. The van der Waals surface area contributed by atoms with Crippen molar-refractivity contribution in [1.29, 1.82) is 0 Å². The Hall–Kier alpha value is -3.83. The quantitative estimate of drug-likeness (QED) is 0.324. The molecule has 150 valence electrons. The zero-order valence-electron chi connectivity index (χ0n) is 16.2. The van der Waals surface area contributed by atoms with Gasteiger partial charge in [0.15, 0.2) is 0 Å². The molecular formula is C25H21NO4. The van der Waals surface area contributed by atoms with E-state index in [0.717, 1.165) is 27.8 Å². The van der Waals surface area contributed by atoms with Crippen LogP contribution in [-0.2, 0) is 6.42 Å². The fourth-order valence-corrected chi connectivity index (χ4v) is 3.36. The molecule has 0 aliphatic carbocycles. The molecule has 0 aliphatic rings. The highest BCUT2D eigenvalue weighted by molar-refractivity contribution is 6.07. The third-order valence-electron chi connectivity index (χ3n) is 4.79. The van der Waals surface area contributed by atoms with Crippen LogP contribution in [0, 0.1) is 0 Å². The van der Waals surface area contributed by atoms with E-state index in [1.807, 2.05) is 91.0 Å². The Labute approximate surface area is 174 Å². The summed E-state index contributed by atoms with van der Waals surface area (Å²) in [4.78, 5) is 12.3. The molecule has 0 saturated heterocycles. The number of nitrogens with one attached hydrogen (secondary N) is 1. The van der Waals surface area contributed by atoms with Gasteiger partial charge in [0.25, 0.3) is 5.91 Å². The van der Waals surface area contributed by atoms with Crippen molar-refractivity contribution >= 4 is 16.7 Å². The number of para-hydroxylation sites is 1. The molecule has 4 rings (SSSR count). The molecule has 0 aromatic heterocycles. The standard InChI is InChI=1S/C25H21NO4/c27-25(26-28)24-19(11-10-18-6-4-5-9-23(18)24)16-17-29-20-12-14-22(15-13-20)30-21-7-2-1-3-8-21/h1-15,28H,16-17H2,(H,26,27). The molecule has 0 radical (unpaired) electrons. The van der Waals surface area contributed by atoms with Gasteiger partial charge >= 0.3 is 0 Å². The minimum Gasteiger partial charge on any atom is -0.493 e. The third kappa shape index (κ3) is 4.42. The zero-order valence-corrected chi connectivity index (χ0v) is 16.2. The summed E-state index contributed by atoms with van der Waals surface area (Å²) in [6, 6.07) is 28.4. The van der Waals surface area contributed by atoms with E-state index >= 15 is 0 Å². The summed E-state index contributed by atoms with van der Waals surface area (Å²) in [6.07, 6.45) is 0.524. The second-order valence-corrected chi connectivity index (χ2v) is 6.75. The number of amides is 1. The topological polar surface area (TPSA) is 67.8 Å². The first-order valence-corrected chi connectivity index (χ1v) is 9.65. The van der Waals surface area contributed by atoms with Crippen LogP contribution in [0.25, 0.3) is 10.8 Å². The molecule has 5 heteroatoms. The normalized spacial score (nSPS) is 10.6. The van der Waals surface area contributed by atoms with Gasteiger partial charge in [-0.2, -0.15) is 0 Å². The number of benzene rings is 4. The van der Waals surface area contributed by atoms with Crippen LogP contribution in [0.2, 0.25) is 0 Å². The predicted molar refractivity (Wildman–Crippen MR) is 115 cm³/mol. The zero-order chi connectivity index (χ0) is 20.8. The molecule has 1 amide bonds. The van der Waals surface area contributed by atoms with Crippen molar-refractivity contribution in [3.63, 3.8) is 0 Å². The van der Waals surface area contributed by atoms with Crippen molar-refractivity contribution in [2.75, 3.05) is 6.61 Å². The maximum Gasteiger partial charge on any atom is 0.275 e. The number of carbonyl (C=O) groups is 1. The minimum atomic E-state index is -0.524. The van der Waals surface area contributed by atoms with Crippen LogP contribution >= 0.6 is 0 Å². The molecule has 0 saturated carbocycles. The number of hydroxylamine groups is 1. The molecule has 0 unspecified atom stereocenters. The number of rotatable bonds is 7. The van der Waals surface area contributed by atoms with E-state index in [9.17, 15) is 4.79 Å². The second kappa shape index (κ2) is 9.11. The van der Waals surface area contributed by atoms with E-state index in [1.54, 1.807) is 5.48 Å². The lowest BCUT2D eigenvalue weighted by Gasteiger charge is -2.13. The lowest BCUT2D eigenvalue weighted by Crippen LogP contribution is -2.21. The van der Waals surface area contributed by atoms with Crippen LogP contribution in [0.5, 0.6) is 17.2 Å². The molecule has 0 bridgehead atoms. The van der Waals surface area contributed by atoms with E-state index in [4.69, 9.17) is 14.7 Å². The highest BCUT2D eigenvalue weighted by Crippen LogP contribution is 2.25. The molecule has 5 nitrogen and oxygen atoms in total. The fraction of sp³-hybridized carbons (Fsp3) is 0.0800. The Morgan fingerprint density at radius 1 is 0.767 bits per heavy atom. The van der Waals surface area contributed by atoms with Crippen LogP contribution < -0.4 is 15.0 Å². The molecule has 0 heterocycles. The number of fused-ring (bicyclic) bond motifs is 1. The van der Waals surface area contributed by atoms with Gasteiger partial charge in [-0.1, -0.05) is 54.6 Å². The lowest BCUT2D eigenvalue weighted by molar-refractivity contribution is 0.0707. The van der Waals surface area contributed by atoms with Gasteiger partial charge in [-0.05, 0) is 52.7 Å². The Kier molecular flexibility index (Phi) is 5.92. The Morgan fingerprint density at radius 2 is 1.43 bits per heavy atom. The van der Waals surface area contributed by atoms with Gasteiger partial charge in [-0.25, -0.2) is 5.48 Å². The van der Waals surface area contributed by atoms with Crippen LogP contribution in [0.3, 0.4) is 0 Å². The molecule has 0 atom stereocenters. The molecule has 0 aliphatic heterocycles. The van der Waals surface area contributed by atoms with E-state index < -0.39 is 5.91 Å². The van der Waals surface area contributed by atoms with Crippen molar-refractivity contribution in [2.24, 2.45) is 0 Å². The van der Waals surface area contributed by atoms with Crippen LogP contribution in [0.1, 0.15) is 15.9 Å². The first-order valence-electron chi connectivity index (χ1n) is 9.65. The first-order chi connectivity index (χ1) is 14.7. The van der Waals surface area contributed by atoms with Gasteiger partial charge in [0.1, 0.15) is 17.2 Å². The predicted octanol–water partition coefficient (Wildman–Crippen LogP) is 5.37. The summed E-state index contributed by atoms with van der Waals surface area (Å²) in [7, 11) is 0. The number of carbonyl (C=O) groups excluding carboxylic acids is 1. The monoisotopic (exact) mass is 399 g/mol. The molecule has 0 fully saturated rings. The second-order valence-electron chi connectivity index (χ2n) is 6.75. The summed E-state index contributed by atoms with van der Waals surface area (Å²) >= 11 is 0. The lowest BCUT2D eigenvalue weighted by atomic mass is 9.97. The van der Waals surface area contributed by atoms with E-state index in [2.05, 4.69) is 0 Å². The van der Waals surface area contributed by atoms with E-state index in [0.29, 0.717) is 24.3 Å². The SMILES string of the molecule is O=C(NO)c1c(CCOc2ccc(Oc3ccccc3)cc2)ccc2ccccc12. The molecule has 4 aromatic carbocycles. The van der Waals surface area contributed by atoms with Crippen LogP contribution in [0.15, 0.2) is 91.0 Å². The smallest absolute Gasteiger partial charge is 0.275 e. The maximum absolute atomic E-state index is 12.3. The molecule has 2 N–H and O–H groups in total. The third-order valence-corrected chi connectivity index (χ3v) is 4.79. The largest absolute Gasteiger partial charge is 0.493 e. The summed E-state index contributed by atoms with van der Waals surface area (Å²) in [5, 5.41) is 10.9. The Bertz CT molecular complexity index is 1140. The van der Waals surface area contributed by atoms with Crippen molar-refractivity contribution in [2.45, 2.75) is 6.42 Å². The van der Waals surface area contributed by atoms with Gasteiger partial charge in [-0.15, -0.1) is 0 Å². The van der Waals surface area contributed by atoms with Gasteiger partial charge in [0, 0.05) is 6.42 Å². The maximum atomic E-state index is 12.3. The molecular weight excluding hydrogens is 378 g/mol. The van der Waals surface area contributed by atoms with Crippen LogP contribution in [0.4, 0.5) is 0 Å². The number of ether oxygens (including phenoxy) is 2. The van der Waals surface area contributed by atoms with Gasteiger partial charge in [-0.3, -0.25) is 10.0 Å². The number of hydrogen-bond donors (Lipinski definition) is 2. The highest BCUT2D eigenvalue weighted by Gasteiger charge is 2.15. The van der Waals surface area contributed by atoms with Gasteiger partial charge < -0.3 is 9.47 Å². The van der Waals surface area contributed by atoms with Crippen molar-refractivity contribution in [3.05, 3.63) is 102 Å².